The first-order valence-corrected chi connectivity index (χ1v) is 6.47. The van der Waals surface area contributed by atoms with E-state index in [0.29, 0.717) is 17.7 Å². The molecule has 5 heteroatoms. The van der Waals surface area contributed by atoms with Crippen LogP contribution in [0, 0.1) is 5.92 Å². The van der Waals surface area contributed by atoms with Crippen molar-refractivity contribution in [1.82, 2.24) is 0 Å². The zero-order chi connectivity index (χ0) is 13.8. The number of nitrogens with one attached hydrogen (secondary N) is 1. The Kier molecular flexibility index (Phi) is 4.37. The summed E-state index contributed by atoms with van der Waals surface area (Å²) < 4.78 is 16.0. The van der Waals surface area contributed by atoms with Crippen molar-refractivity contribution in [3.05, 3.63) is 12.1 Å². The van der Waals surface area contributed by atoms with Gasteiger partial charge in [-0.1, -0.05) is 0 Å². The molecule has 1 fully saturated rings. The standard InChI is InChI=1S/C14H22N2O3/c1-17-11-6-12(18-2)14(13(7-11)19-3)16-8-9-4-10(15)5-9/h6-7,9-10,16H,4-5,8,15H2,1-3H3. The minimum atomic E-state index is 0.367. The van der Waals surface area contributed by atoms with Crippen LogP contribution in [0.15, 0.2) is 12.1 Å². The molecule has 0 bridgehead atoms. The molecule has 1 aliphatic carbocycles. The van der Waals surface area contributed by atoms with E-state index in [9.17, 15) is 0 Å². The molecule has 0 aromatic heterocycles. The normalized spacial score (nSPS) is 21.5. The van der Waals surface area contributed by atoms with E-state index in [0.717, 1.165) is 36.6 Å². The van der Waals surface area contributed by atoms with Crippen LogP contribution in [0.25, 0.3) is 0 Å². The average molecular weight is 266 g/mol. The van der Waals surface area contributed by atoms with Crippen LogP contribution in [0.3, 0.4) is 0 Å². The van der Waals surface area contributed by atoms with E-state index in [1.165, 1.54) is 0 Å². The molecule has 0 spiro atoms. The van der Waals surface area contributed by atoms with E-state index < -0.39 is 0 Å². The highest BCUT2D eigenvalue weighted by Crippen LogP contribution is 2.39. The van der Waals surface area contributed by atoms with Crippen molar-refractivity contribution in [1.29, 1.82) is 0 Å². The van der Waals surface area contributed by atoms with Gasteiger partial charge in [-0.25, -0.2) is 0 Å². The maximum Gasteiger partial charge on any atom is 0.149 e. The van der Waals surface area contributed by atoms with Crippen LogP contribution in [-0.4, -0.2) is 33.9 Å². The number of hydrogen-bond acceptors (Lipinski definition) is 5. The molecule has 0 saturated heterocycles. The first-order valence-electron chi connectivity index (χ1n) is 6.47. The van der Waals surface area contributed by atoms with Gasteiger partial charge in [0.25, 0.3) is 0 Å². The average Bonchev–Trinajstić information content (AvgIpc) is 2.41. The molecule has 0 aliphatic heterocycles. The Balaban J connectivity index is 2.12. The lowest BCUT2D eigenvalue weighted by atomic mass is 9.81. The second kappa shape index (κ2) is 6.02. The number of rotatable bonds is 6. The molecule has 1 saturated carbocycles. The molecular weight excluding hydrogens is 244 g/mol. The molecule has 0 amide bonds. The van der Waals surface area contributed by atoms with Crippen LogP contribution in [0.5, 0.6) is 17.2 Å². The summed E-state index contributed by atoms with van der Waals surface area (Å²) in [6, 6.07) is 4.06. The van der Waals surface area contributed by atoms with Crippen LogP contribution in [0.1, 0.15) is 12.8 Å². The predicted octanol–water partition coefficient (Wildman–Crippen LogP) is 1.86. The lowest BCUT2D eigenvalue weighted by Gasteiger charge is -2.33. The van der Waals surface area contributed by atoms with Crippen LogP contribution in [-0.2, 0) is 0 Å². The largest absolute Gasteiger partial charge is 0.496 e. The number of anilines is 1. The summed E-state index contributed by atoms with van der Waals surface area (Å²) in [7, 11) is 4.90. The highest BCUT2D eigenvalue weighted by molar-refractivity contribution is 5.68. The van der Waals surface area contributed by atoms with Crippen LogP contribution < -0.4 is 25.3 Å². The Morgan fingerprint density at radius 2 is 1.68 bits per heavy atom. The summed E-state index contributed by atoms with van der Waals surface area (Å²) in [4.78, 5) is 0. The molecule has 0 radical (unpaired) electrons. The number of ether oxygens (including phenoxy) is 3. The van der Waals surface area contributed by atoms with Crippen molar-refractivity contribution in [3.63, 3.8) is 0 Å². The molecule has 106 valence electrons. The van der Waals surface area contributed by atoms with Gasteiger partial charge >= 0.3 is 0 Å². The summed E-state index contributed by atoms with van der Waals surface area (Å²) in [5, 5.41) is 3.40. The zero-order valence-electron chi connectivity index (χ0n) is 11.7. The second-order valence-electron chi connectivity index (χ2n) is 4.89. The summed E-state index contributed by atoms with van der Waals surface area (Å²) in [6.07, 6.45) is 2.15. The molecule has 0 heterocycles. The molecule has 0 unspecified atom stereocenters. The van der Waals surface area contributed by atoms with Gasteiger partial charge in [0.1, 0.15) is 22.9 Å². The van der Waals surface area contributed by atoms with Gasteiger partial charge in [-0.15, -0.1) is 0 Å². The Labute approximate surface area is 114 Å². The Bertz CT molecular complexity index is 406. The fourth-order valence-electron chi connectivity index (χ4n) is 2.38. The van der Waals surface area contributed by atoms with E-state index in [1.807, 2.05) is 12.1 Å². The van der Waals surface area contributed by atoms with Crippen molar-refractivity contribution in [2.24, 2.45) is 11.7 Å². The van der Waals surface area contributed by atoms with Gasteiger partial charge in [0.05, 0.1) is 21.3 Å². The monoisotopic (exact) mass is 266 g/mol. The van der Waals surface area contributed by atoms with E-state index in [1.54, 1.807) is 21.3 Å². The molecule has 5 nitrogen and oxygen atoms in total. The number of methoxy groups -OCH3 is 3. The third-order valence-electron chi connectivity index (χ3n) is 3.55. The van der Waals surface area contributed by atoms with Crippen molar-refractivity contribution < 1.29 is 14.2 Å². The zero-order valence-corrected chi connectivity index (χ0v) is 11.7. The van der Waals surface area contributed by atoms with E-state index >= 15 is 0 Å². The number of hydrogen-bond donors (Lipinski definition) is 2. The molecule has 1 aromatic rings. The fourth-order valence-corrected chi connectivity index (χ4v) is 2.38. The van der Waals surface area contributed by atoms with Gasteiger partial charge in [-0.2, -0.15) is 0 Å². The van der Waals surface area contributed by atoms with Crippen LogP contribution in [0.4, 0.5) is 5.69 Å². The van der Waals surface area contributed by atoms with Crippen LogP contribution in [0.2, 0.25) is 0 Å². The lowest BCUT2D eigenvalue weighted by Crippen LogP contribution is -2.39. The third kappa shape index (κ3) is 3.04. The maximum absolute atomic E-state index is 5.79. The molecule has 0 atom stereocenters. The van der Waals surface area contributed by atoms with Crippen molar-refractivity contribution in [2.75, 3.05) is 33.2 Å². The smallest absolute Gasteiger partial charge is 0.149 e. The third-order valence-corrected chi connectivity index (χ3v) is 3.55. The second-order valence-corrected chi connectivity index (χ2v) is 4.89. The molecule has 19 heavy (non-hydrogen) atoms. The van der Waals surface area contributed by atoms with Gasteiger partial charge in [0.15, 0.2) is 0 Å². The van der Waals surface area contributed by atoms with Gasteiger partial charge in [-0.05, 0) is 18.8 Å². The molecular formula is C14H22N2O3. The van der Waals surface area contributed by atoms with Crippen molar-refractivity contribution in [3.8, 4) is 17.2 Å². The van der Waals surface area contributed by atoms with E-state index in [2.05, 4.69) is 5.32 Å². The first-order chi connectivity index (χ1) is 9.17. The summed E-state index contributed by atoms with van der Waals surface area (Å²) >= 11 is 0. The Morgan fingerprint density at radius 1 is 1.11 bits per heavy atom. The Hall–Kier alpha value is -1.62. The topological polar surface area (TPSA) is 65.7 Å². The SMILES string of the molecule is COc1cc(OC)c(NCC2CC(N)C2)c(OC)c1. The highest BCUT2D eigenvalue weighted by atomic mass is 16.5. The molecule has 1 aromatic carbocycles. The summed E-state index contributed by atoms with van der Waals surface area (Å²) in [5.74, 6) is 2.79. The van der Waals surface area contributed by atoms with Crippen molar-refractivity contribution in [2.45, 2.75) is 18.9 Å². The quantitative estimate of drug-likeness (QED) is 0.822. The number of benzene rings is 1. The molecule has 1 aliphatic rings. The van der Waals surface area contributed by atoms with Crippen molar-refractivity contribution >= 4 is 5.69 Å². The van der Waals surface area contributed by atoms with Crippen LogP contribution >= 0.6 is 0 Å². The van der Waals surface area contributed by atoms with Gasteiger partial charge in [0, 0.05) is 24.7 Å². The van der Waals surface area contributed by atoms with E-state index in [4.69, 9.17) is 19.9 Å². The molecule has 3 N–H and O–H groups in total. The van der Waals surface area contributed by atoms with Gasteiger partial charge in [0.2, 0.25) is 0 Å². The molecule has 2 rings (SSSR count). The summed E-state index contributed by atoms with van der Waals surface area (Å²) in [6.45, 7) is 0.882. The summed E-state index contributed by atoms with van der Waals surface area (Å²) in [5.41, 5.74) is 6.66. The minimum Gasteiger partial charge on any atom is -0.496 e. The predicted molar refractivity (Wildman–Crippen MR) is 75.3 cm³/mol. The Morgan fingerprint density at radius 3 is 2.11 bits per heavy atom. The van der Waals surface area contributed by atoms with E-state index in [-0.39, 0.29) is 0 Å². The van der Waals surface area contributed by atoms with Gasteiger partial charge in [-0.3, -0.25) is 0 Å². The maximum atomic E-state index is 5.79. The minimum absolute atomic E-state index is 0.367. The lowest BCUT2D eigenvalue weighted by molar-refractivity contribution is 0.279. The fraction of sp³-hybridized carbons (Fsp3) is 0.571. The van der Waals surface area contributed by atoms with Gasteiger partial charge < -0.3 is 25.3 Å². The first kappa shape index (κ1) is 13.8. The highest BCUT2D eigenvalue weighted by Gasteiger charge is 2.26. The number of nitrogens with two attached hydrogens (primary N) is 1.